The van der Waals surface area contributed by atoms with Crippen LogP contribution in [0.1, 0.15) is 11.1 Å². The largest absolute Gasteiger partial charge is 0.398 e. The number of aromatic nitrogens is 3. The third kappa shape index (κ3) is 3.29. The van der Waals surface area contributed by atoms with E-state index in [0.29, 0.717) is 23.2 Å². The first-order valence-electron chi connectivity index (χ1n) is 8.86. The van der Waals surface area contributed by atoms with Gasteiger partial charge >= 0.3 is 0 Å². The SMILES string of the molecule is Cc1ccc(N)c(-c2nc(-c3ccccc3)nc(-c3ccccc3)n2)c1C. The molecule has 2 N–H and O–H groups in total. The van der Waals surface area contributed by atoms with Crippen LogP contribution in [0.5, 0.6) is 0 Å². The molecule has 4 aromatic rings. The molecule has 27 heavy (non-hydrogen) atoms. The Bertz CT molecular complexity index is 1030. The van der Waals surface area contributed by atoms with Gasteiger partial charge in [-0.05, 0) is 31.0 Å². The minimum Gasteiger partial charge on any atom is -0.398 e. The molecule has 4 rings (SSSR count). The van der Waals surface area contributed by atoms with E-state index in [9.17, 15) is 0 Å². The zero-order chi connectivity index (χ0) is 18.8. The van der Waals surface area contributed by atoms with E-state index >= 15 is 0 Å². The van der Waals surface area contributed by atoms with Gasteiger partial charge in [-0.3, -0.25) is 0 Å². The fourth-order valence-electron chi connectivity index (χ4n) is 3.05. The Balaban J connectivity index is 1.99. The fraction of sp³-hybridized carbons (Fsp3) is 0.0870. The van der Waals surface area contributed by atoms with Crippen LogP contribution in [0.2, 0.25) is 0 Å². The lowest BCUT2D eigenvalue weighted by Gasteiger charge is -2.13. The second-order valence-electron chi connectivity index (χ2n) is 6.51. The van der Waals surface area contributed by atoms with Crippen LogP contribution in [0.15, 0.2) is 72.8 Å². The first kappa shape index (κ1) is 16.9. The molecule has 1 aromatic heterocycles. The van der Waals surface area contributed by atoms with Crippen molar-refractivity contribution in [2.75, 3.05) is 5.73 Å². The van der Waals surface area contributed by atoms with Crippen molar-refractivity contribution in [3.63, 3.8) is 0 Å². The van der Waals surface area contributed by atoms with Crippen molar-refractivity contribution in [2.45, 2.75) is 13.8 Å². The molecule has 0 spiro atoms. The van der Waals surface area contributed by atoms with Crippen LogP contribution < -0.4 is 5.73 Å². The molecule has 0 saturated heterocycles. The average Bonchev–Trinajstić information content (AvgIpc) is 2.72. The van der Waals surface area contributed by atoms with Crippen molar-refractivity contribution >= 4 is 5.69 Å². The lowest BCUT2D eigenvalue weighted by Crippen LogP contribution is -2.03. The number of nitrogen functional groups attached to an aromatic ring is 1. The summed E-state index contributed by atoms with van der Waals surface area (Å²) in [6, 6.07) is 23.8. The van der Waals surface area contributed by atoms with Gasteiger partial charge in [-0.15, -0.1) is 0 Å². The van der Waals surface area contributed by atoms with Crippen LogP contribution in [0, 0.1) is 13.8 Å². The summed E-state index contributed by atoms with van der Waals surface area (Å²) in [5.41, 5.74) is 12.0. The molecule has 0 aliphatic heterocycles. The Labute approximate surface area is 158 Å². The summed E-state index contributed by atoms with van der Waals surface area (Å²) in [7, 11) is 0. The summed E-state index contributed by atoms with van der Waals surface area (Å²) in [6.45, 7) is 4.12. The van der Waals surface area contributed by atoms with Crippen LogP contribution >= 0.6 is 0 Å². The van der Waals surface area contributed by atoms with Gasteiger partial charge in [-0.25, -0.2) is 15.0 Å². The Morgan fingerprint density at radius 1 is 0.593 bits per heavy atom. The first-order chi connectivity index (χ1) is 13.1. The summed E-state index contributed by atoms with van der Waals surface area (Å²) in [6.07, 6.45) is 0. The van der Waals surface area contributed by atoms with Gasteiger partial charge < -0.3 is 5.73 Å². The molecular formula is C23H20N4. The molecular weight excluding hydrogens is 332 g/mol. The molecule has 0 amide bonds. The predicted octanol–water partition coefficient (Wildman–Crippen LogP) is 5.07. The molecule has 0 saturated carbocycles. The topological polar surface area (TPSA) is 64.7 Å². The second-order valence-corrected chi connectivity index (χ2v) is 6.51. The Morgan fingerprint density at radius 2 is 1.07 bits per heavy atom. The second kappa shape index (κ2) is 7.00. The van der Waals surface area contributed by atoms with Gasteiger partial charge in [-0.1, -0.05) is 66.7 Å². The Hall–Kier alpha value is -3.53. The zero-order valence-corrected chi connectivity index (χ0v) is 15.3. The normalized spacial score (nSPS) is 10.7. The van der Waals surface area contributed by atoms with E-state index in [1.54, 1.807) is 0 Å². The fourth-order valence-corrected chi connectivity index (χ4v) is 3.05. The predicted molar refractivity (Wildman–Crippen MR) is 110 cm³/mol. The molecule has 4 nitrogen and oxygen atoms in total. The van der Waals surface area contributed by atoms with Gasteiger partial charge in [0.1, 0.15) is 0 Å². The van der Waals surface area contributed by atoms with Crippen molar-refractivity contribution in [1.82, 2.24) is 15.0 Å². The molecule has 1 heterocycles. The van der Waals surface area contributed by atoms with Gasteiger partial charge in [0.15, 0.2) is 17.5 Å². The quantitative estimate of drug-likeness (QED) is 0.523. The molecule has 4 heteroatoms. The molecule has 132 valence electrons. The number of anilines is 1. The standard InChI is InChI=1S/C23H20N4/c1-15-13-14-19(24)20(16(15)2)23-26-21(17-9-5-3-6-10-17)25-22(27-23)18-11-7-4-8-12-18/h3-14H,24H2,1-2H3. The Morgan fingerprint density at radius 3 is 1.59 bits per heavy atom. The van der Waals surface area contributed by atoms with E-state index in [2.05, 4.69) is 13.8 Å². The molecule has 0 aliphatic carbocycles. The highest BCUT2D eigenvalue weighted by molar-refractivity contribution is 5.78. The number of hydrogen-bond acceptors (Lipinski definition) is 4. The summed E-state index contributed by atoms with van der Waals surface area (Å²) in [4.78, 5) is 14.2. The summed E-state index contributed by atoms with van der Waals surface area (Å²) >= 11 is 0. The molecule has 0 aliphatic rings. The lowest BCUT2D eigenvalue weighted by molar-refractivity contribution is 1.07. The van der Waals surface area contributed by atoms with E-state index in [-0.39, 0.29) is 0 Å². The van der Waals surface area contributed by atoms with Gasteiger partial charge in [0.05, 0.1) is 0 Å². The third-order valence-electron chi connectivity index (χ3n) is 4.69. The molecule has 0 unspecified atom stereocenters. The number of nitrogens with two attached hydrogens (primary N) is 1. The average molecular weight is 352 g/mol. The van der Waals surface area contributed by atoms with Gasteiger partial charge in [0.2, 0.25) is 0 Å². The maximum Gasteiger partial charge on any atom is 0.166 e. The summed E-state index contributed by atoms with van der Waals surface area (Å²) in [5.74, 6) is 1.88. The molecule has 0 fully saturated rings. The van der Waals surface area contributed by atoms with E-state index in [1.165, 1.54) is 0 Å². The van der Waals surface area contributed by atoms with Gasteiger partial charge in [-0.2, -0.15) is 0 Å². The van der Waals surface area contributed by atoms with E-state index in [0.717, 1.165) is 27.8 Å². The van der Waals surface area contributed by atoms with Gasteiger partial charge in [0, 0.05) is 22.4 Å². The highest BCUT2D eigenvalue weighted by atomic mass is 15.0. The van der Waals surface area contributed by atoms with E-state index in [4.69, 9.17) is 20.7 Å². The van der Waals surface area contributed by atoms with Crippen LogP contribution in [0.4, 0.5) is 5.69 Å². The zero-order valence-electron chi connectivity index (χ0n) is 15.3. The van der Waals surface area contributed by atoms with Crippen molar-refractivity contribution in [3.05, 3.63) is 83.9 Å². The maximum absolute atomic E-state index is 6.30. The molecule has 0 atom stereocenters. The van der Waals surface area contributed by atoms with Crippen molar-refractivity contribution < 1.29 is 0 Å². The highest BCUT2D eigenvalue weighted by Gasteiger charge is 2.16. The Kier molecular flexibility index (Phi) is 4.38. The van der Waals surface area contributed by atoms with Crippen LogP contribution in [0.3, 0.4) is 0 Å². The van der Waals surface area contributed by atoms with Crippen molar-refractivity contribution in [2.24, 2.45) is 0 Å². The molecule has 3 aromatic carbocycles. The van der Waals surface area contributed by atoms with Crippen molar-refractivity contribution in [3.8, 4) is 34.2 Å². The van der Waals surface area contributed by atoms with Crippen LogP contribution in [0.25, 0.3) is 34.2 Å². The number of rotatable bonds is 3. The summed E-state index contributed by atoms with van der Waals surface area (Å²) in [5, 5.41) is 0. The number of nitrogens with zero attached hydrogens (tertiary/aromatic N) is 3. The monoisotopic (exact) mass is 352 g/mol. The first-order valence-corrected chi connectivity index (χ1v) is 8.86. The van der Waals surface area contributed by atoms with E-state index < -0.39 is 0 Å². The highest BCUT2D eigenvalue weighted by Crippen LogP contribution is 2.31. The van der Waals surface area contributed by atoms with Gasteiger partial charge in [0.25, 0.3) is 0 Å². The van der Waals surface area contributed by atoms with Crippen molar-refractivity contribution in [1.29, 1.82) is 0 Å². The summed E-state index contributed by atoms with van der Waals surface area (Å²) < 4.78 is 0. The number of aryl methyl sites for hydroxylation is 1. The number of hydrogen-bond donors (Lipinski definition) is 1. The van der Waals surface area contributed by atoms with Crippen LogP contribution in [-0.4, -0.2) is 15.0 Å². The minimum absolute atomic E-state index is 0.599. The van der Waals surface area contributed by atoms with Crippen LogP contribution in [-0.2, 0) is 0 Å². The number of benzene rings is 3. The smallest absolute Gasteiger partial charge is 0.166 e. The molecule has 0 radical (unpaired) electrons. The minimum atomic E-state index is 0.599. The maximum atomic E-state index is 6.30. The molecule has 0 bridgehead atoms. The van der Waals surface area contributed by atoms with E-state index in [1.807, 2.05) is 72.8 Å². The lowest BCUT2D eigenvalue weighted by atomic mass is 10.0. The third-order valence-corrected chi connectivity index (χ3v) is 4.69.